The number of nitrogens with zero attached hydrogens (tertiary/aromatic N) is 2. The van der Waals surface area contributed by atoms with Crippen LogP contribution >= 0.6 is 11.3 Å². The Hall–Kier alpha value is -1.85. The highest BCUT2D eigenvalue weighted by Crippen LogP contribution is 2.27. The predicted octanol–water partition coefficient (Wildman–Crippen LogP) is -0.186. The van der Waals surface area contributed by atoms with E-state index in [2.05, 4.69) is 11.7 Å². The third kappa shape index (κ3) is 4.31. The van der Waals surface area contributed by atoms with Crippen molar-refractivity contribution >= 4 is 23.5 Å². The first-order valence-corrected chi connectivity index (χ1v) is 6.99. The minimum Gasteiger partial charge on any atom is -1.00 e. The summed E-state index contributed by atoms with van der Waals surface area (Å²) in [7, 11) is 1.53. The fourth-order valence-corrected chi connectivity index (χ4v) is 2.59. The third-order valence-corrected chi connectivity index (χ3v) is 3.62. The molecule has 112 valence electrons. The lowest BCUT2D eigenvalue weighted by molar-refractivity contribution is -0.741. The number of rotatable bonds is 5. The molecule has 0 amide bonds. The van der Waals surface area contributed by atoms with E-state index < -0.39 is 0 Å². The summed E-state index contributed by atoms with van der Waals surface area (Å²) in [5.41, 5.74) is 0.902. The van der Waals surface area contributed by atoms with Gasteiger partial charge in [-0.3, -0.25) is 0 Å². The molecular formula is C15H17ClN2O2S. The second-order valence-corrected chi connectivity index (χ2v) is 5.41. The molecule has 2 rings (SSSR count). The number of ether oxygens (including phenoxy) is 1. The van der Waals surface area contributed by atoms with E-state index >= 15 is 0 Å². The number of hydrogen-bond donors (Lipinski definition) is 1. The second kappa shape index (κ2) is 7.81. The lowest BCUT2D eigenvalue weighted by Crippen LogP contribution is -3.00. The Labute approximate surface area is 134 Å². The Morgan fingerprint density at radius 1 is 1.43 bits per heavy atom. The van der Waals surface area contributed by atoms with Crippen molar-refractivity contribution in [3.8, 4) is 11.5 Å². The number of allylic oxidation sites excluding steroid dienone is 1. The molecule has 6 heteroatoms. The van der Waals surface area contributed by atoms with E-state index in [1.165, 1.54) is 7.11 Å². The minimum absolute atomic E-state index is 0. The summed E-state index contributed by atoms with van der Waals surface area (Å²) in [5, 5.41) is 16.2. The Morgan fingerprint density at radius 2 is 2.19 bits per heavy atom. The van der Waals surface area contributed by atoms with Gasteiger partial charge in [-0.2, -0.15) is 0 Å². The van der Waals surface area contributed by atoms with Gasteiger partial charge in [0, 0.05) is 11.2 Å². The number of aromatic hydroxyl groups is 1. The molecule has 0 saturated carbocycles. The second-order valence-electron chi connectivity index (χ2n) is 4.19. The van der Waals surface area contributed by atoms with Crippen molar-refractivity contribution in [1.82, 2.24) is 5.10 Å². The van der Waals surface area contributed by atoms with E-state index in [9.17, 15) is 5.11 Å². The van der Waals surface area contributed by atoms with Gasteiger partial charge in [-0.15, -0.1) is 0 Å². The Kier molecular flexibility index (Phi) is 6.39. The molecule has 0 fully saturated rings. The van der Waals surface area contributed by atoms with Crippen molar-refractivity contribution in [2.45, 2.75) is 13.5 Å². The molecule has 2 aromatic rings. The van der Waals surface area contributed by atoms with Gasteiger partial charge in [-0.25, -0.2) is 0 Å². The Balaban J connectivity index is 0.00000220. The number of hydrogen-bond acceptors (Lipinski definition) is 4. The minimum atomic E-state index is 0. The number of benzene rings is 1. The topological polar surface area (TPSA) is 46.2 Å². The van der Waals surface area contributed by atoms with Gasteiger partial charge < -0.3 is 22.3 Å². The average molecular weight is 325 g/mol. The highest BCUT2D eigenvalue weighted by molar-refractivity contribution is 7.11. The van der Waals surface area contributed by atoms with Crippen molar-refractivity contribution in [1.29, 1.82) is 0 Å². The summed E-state index contributed by atoms with van der Waals surface area (Å²) in [6.07, 6.45) is 5.73. The maximum absolute atomic E-state index is 9.74. The van der Waals surface area contributed by atoms with Crippen LogP contribution in [0, 0.1) is 6.92 Å². The SMILES string of the molecule is C=CC[n+]1nc(C)sc1/C=C/c1ccc(OC)c(O)c1.[Cl-]. The normalized spacial score (nSPS) is 10.4. The Bertz CT molecular complexity index is 653. The van der Waals surface area contributed by atoms with E-state index in [0.717, 1.165) is 15.6 Å². The smallest absolute Gasteiger partial charge is 0.289 e. The summed E-state index contributed by atoms with van der Waals surface area (Å²) >= 11 is 1.62. The van der Waals surface area contributed by atoms with Crippen LogP contribution in [-0.2, 0) is 6.54 Å². The molecule has 1 aromatic carbocycles. The van der Waals surface area contributed by atoms with Gasteiger partial charge in [0.1, 0.15) is 0 Å². The highest BCUT2D eigenvalue weighted by Gasteiger charge is 2.13. The van der Waals surface area contributed by atoms with Crippen LogP contribution in [0.25, 0.3) is 12.2 Å². The van der Waals surface area contributed by atoms with Crippen molar-refractivity contribution in [2.24, 2.45) is 0 Å². The molecule has 0 aliphatic rings. The van der Waals surface area contributed by atoms with Gasteiger partial charge in [0.05, 0.1) is 7.11 Å². The van der Waals surface area contributed by atoms with Crippen LogP contribution in [0.3, 0.4) is 0 Å². The van der Waals surface area contributed by atoms with Crippen LogP contribution in [-0.4, -0.2) is 17.3 Å². The van der Waals surface area contributed by atoms with Gasteiger partial charge in [-0.05, 0) is 48.1 Å². The predicted molar refractivity (Wildman–Crippen MR) is 80.8 cm³/mol. The van der Waals surface area contributed by atoms with Crippen LogP contribution in [0.2, 0.25) is 0 Å². The average Bonchev–Trinajstić information content (AvgIpc) is 2.77. The van der Waals surface area contributed by atoms with Crippen molar-refractivity contribution in [3.63, 3.8) is 0 Å². The number of phenols is 1. The maximum atomic E-state index is 9.74. The van der Waals surface area contributed by atoms with Crippen LogP contribution in [0.1, 0.15) is 15.6 Å². The fraction of sp³-hybridized carbons (Fsp3) is 0.200. The lowest BCUT2D eigenvalue weighted by atomic mass is 10.2. The van der Waals surface area contributed by atoms with Gasteiger partial charge in [-0.1, -0.05) is 17.3 Å². The summed E-state index contributed by atoms with van der Waals surface area (Å²) in [6.45, 7) is 6.38. The molecule has 0 saturated heterocycles. The molecule has 1 heterocycles. The first-order valence-electron chi connectivity index (χ1n) is 6.17. The molecule has 0 unspecified atom stereocenters. The summed E-state index contributed by atoms with van der Waals surface area (Å²) < 4.78 is 6.92. The van der Waals surface area contributed by atoms with Crippen molar-refractivity contribution in [2.75, 3.05) is 7.11 Å². The molecule has 1 aromatic heterocycles. The molecule has 0 atom stereocenters. The van der Waals surface area contributed by atoms with E-state index in [0.29, 0.717) is 12.3 Å². The van der Waals surface area contributed by atoms with Crippen LogP contribution < -0.4 is 21.8 Å². The van der Waals surface area contributed by atoms with E-state index in [-0.39, 0.29) is 18.2 Å². The summed E-state index contributed by atoms with van der Waals surface area (Å²) in [5.74, 6) is 0.603. The van der Waals surface area contributed by atoms with E-state index in [1.54, 1.807) is 23.5 Å². The molecule has 0 aliphatic carbocycles. The number of aromatic nitrogens is 2. The van der Waals surface area contributed by atoms with Gasteiger partial charge >= 0.3 is 0 Å². The van der Waals surface area contributed by atoms with Crippen molar-refractivity contribution in [3.05, 3.63) is 46.4 Å². The largest absolute Gasteiger partial charge is 1.00 e. The quantitative estimate of drug-likeness (QED) is 0.613. The third-order valence-electron chi connectivity index (χ3n) is 2.69. The molecule has 4 nitrogen and oxygen atoms in total. The number of methoxy groups -OCH3 is 1. The molecular weight excluding hydrogens is 308 g/mol. The zero-order valence-electron chi connectivity index (χ0n) is 11.9. The summed E-state index contributed by atoms with van der Waals surface area (Å²) in [4.78, 5) is 0. The first kappa shape index (κ1) is 17.2. The molecule has 21 heavy (non-hydrogen) atoms. The maximum Gasteiger partial charge on any atom is 0.289 e. The standard InChI is InChI=1S/C15H16N2O2S.ClH/c1-4-9-17-15(20-11(2)16-17)8-6-12-5-7-14(19-3)13(18)10-12;/h4-8,10H,1,9H2,2-3H3;1H/b8-6+;. The monoisotopic (exact) mass is 324 g/mol. The summed E-state index contributed by atoms with van der Waals surface area (Å²) in [6, 6.07) is 5.30. The van der Waals surface area contributed by atoms with Crippen LogP contribution in [0.5, 0.6) is 11.5 Å². The molecule has 0 radical (unpaired) electrons. The van der Waals surface area contributed by atoms with E-state index in [4.69, 9.17) is 4.74 Å². The van der Waals surface area contributed by atoms with Gasteiger partial charge in [0.2, 0.25) is 0 Å². The number of aryl methyl sites for hydroxylation is 1. The van der Waals surface area contributed by atoms with Crippen LogP contribution in [0.15, 0.2) is 30.9 Å². The van der Waals surface area contributed by atoms with Crippen LogP contribution in [0.4, 0.5) is 0 Å². The fourth-order valence-electron chi connectivity index (χ4n) is 1.80. The Morgan fingerprint density at radius 3 is 2.81 bits per heavy atom. The zero-order chi connectivity index (χ0) is 14.5. The first-order chi connectivity index (χ1) is 9.63. The molecule has 0 bridgehead atoms. The molecule has 0 spiro atoms. The highest BCUT2D eigenvalue weighted by atomic mass is 35.5. The lowest BCUT2D eigenvalue weighted by Gasteiger charge is -2.02. The molecule has 1 N–H and O–H groups in total. The van der Waals surface area contributed by atoms with Crippen molar-refractivity contribution < 1.29 is 26.9 Å². The number of halogens is 1. The van der Waals surface area contributed by atoms with Gasteiger partial charge in [0.25, 0.3) is 5.01 Å². The molecule has 0 aliphatic heterocycles. The number of phenolic OH excluding ortho intramolecular Hbond substituents is 1. The van der Waals surface area contributed by atoms with Gasteiger partial charge in [0.15, 0.2) is 23.1 Å². The zero-order valence-corrected chi connectivity index (χ0v) is 13.5. The van der Waals surface area contributed by atoms with E-state index in [1.807, 2.05) is 35.9 Å².